The number of aryl methyl sites for hydroxylation is 1. The average Bonchev–Trinajstić information content (AvgIpc) is 2.84. The maximum Gasteiger partial charge on any atom is 0.135 e. The van der Waals surface area contributed by atoms with Crippen molar-refractivity contribution in [2.45, 2.75) is 26.2 Å². The van der Waals surface area contributed by atoms with Crippen LogP contribution in [-0.2, 0) is 13.5 Å². The van der Waals surface area contributed by atoms with Crippen molar-refractivity contribution < 1.29 is 0 Å². The fourth-order valence-electron chi connectivity index (χ4n) is 1.88. The molecule has 6 heteroatoms. The van der Waals surface area contributed by atoms with Crippen molar-refractivity contribution in [2.75, 3.05) is 24.2 Å². The predicted molar refractivity (Wildman–Crippen MR) is 81.1 cm³/mol. The van der Waals surface area contributed by atoms with Crippen molar-refractivity contribution in [1.29, 1.82) is 0 Å². The Hall–Kier alpha value is -2.11. The first-order valence-electron chi connectivity index (χ1n) is 6.87. The highest BCUT2D eigenvalue weighted by atomic mass is 15.1. The molecule has 2 rings (SSSR count). The SMILES string of the molecule is CNc1cc(NCCc2nccn2C)nc(C(C)C)n1. The second-order valence-corrected chi connectivity index (χ2v) is 5.03. The molecule has 6 nitrogen and oxygen atoms in total. The van der Waals surface area contributed by atoms with Crippen LogP contribution in [0.3, 0.4) is 0 Å². The van der Waals surface area contributed by atoms with E-state index < -0.39 is 0 Å². The molecule has 0 spiro atoms. The van der Waals surface area contributed by atoms with Gasteiger partial charge in [0.1, 0.15) is 23.3 Å². The number of nitrogens with zero attached hydrogens (tertiary/aromatic N) is 4. The standard InChI is InChI=1S/C14H22N6/c1-10(2)14-18-11(15-3)9-12(19-14)16-6-5-13-17-7-8-20(13)4/h7-10H,5-6H2,1-4H3,(H2,15,16,18,19). The van der Waals surface area contributed by atoms with Crippen molar-refractivity contribution in [3.63, 3.8) is 0 Å². The lowest BCUT2D eigenvalue weighted by Crippen LogP contribution is -2.12. The molecule has 0 aromatic carbocycles. The smallest absolute Gasteiger partial charge is 0.135 e. The van der Waals surface area contributed by atoms with E-state index >= 15 is 0 Å². The summed E-state index contributed by atoms with van der Waals surface area (Å²) in [6.07, 6.45) is 4.63. The van der Waals surface area contributed by atoms with Gasteiger partial charge in [-0.1, -0.05) is 13.8 Å². The Kier molecular flexibility index (Phi) is 4.55. The van der Waals surface area contributed by atoms with Crippen LogP contribution in [0.4, 0.5) is 11.6 Å². The summed E-state index contributed by atoms with van der Waals surface area (Å²) in [4.78, 5) is 13.3. The third-order valence-electron chi connectivity index (χ3n) is 3.09. The number of rotatable bonds is 6. The topological polar surface area (TPSA) is 67.7 Å². The van der Waals surface area contributed by atoms with Crippen molar-refractivity contribution in [2.24, 2.45) is 7.05 Å². The Labute approximate surface area is 119 Å². The van der Waals surface area contributed by atoms with E-state index in [0.29, 0.717) is 5.92 Å². The normalized spacial score (nSPS) is 10.8. The fourth-order valence-corrected chi connectivity index (χ4v) is 1.88. The molecule has 2 heterocycles. The van der Waals surface area contributed by atoms with Gasteiger partial charge in [-0.05, 0) is 0 Å². The fraction of sp³-hybridized carbons (Fsp3) is 0.500. The monoisotopic (exact) mass is 274 g/mol. The Morgan fingerprint density at radius 3 is 2.60 bits per heavy atom. The Balaban J connectivity index is 2.01. The van der Waals surface area contributed by atoms with Crippen LogP contribution in [0, 0.1) is 0 Å². The van der Waals surface area contributed by atoms with E-state index in [9.17, 15) is 0 Å². The first-order chi connectivity index (χ1) is 9.60. The Bertz CT molecular complexity index is 561. The number of aromatic nitrogens is 4. The number of imidazole rings is 1. The van der Waals surface area contributed by atoms with Crippen LogP contribution in [0.5, 0.6) is 0 Å². The van der Waals surface area contributed by atoms with Crippen molar-refractivity contribution in [3.05, 3.63) is 30.1 Å². The zero-order chi connectivity index (χ0) is 14.5. The number of anilines is 2. The second-order valence-electron chi connectivity index (χ2n) is 5.03. The molecule has 0 radical (unpaired) electrons. The molecular formula is C14H22N6. The molecule has 108 valence electrons. The van der Waals surface area contributed by atoms with E-state index in [1.165, 1.54) is 0 Å². The largest absolute Gasteiger partial charge is 0.373 e. The maximum absolute atomic E-state index is 4.53. The van der Waals surface area contributed by atoms with E-state index in [-0.39, 0.29) is 0 Å². The zero-order valence-electron chi connectivity index (χ0n) is 12.5. The van der Waals surface area contributed by atoms with Gasteiger partial charge in [0.25, 0.3) is 0 Å². The van der Waals surface area contributed by atoms with E-state index in [4.69, 9.17) is 0 Å². The molecule has 0 saturated carbocycles. The van der Waals surface area contributed by atoms with Crippen LogP contribution in [0.1, 0.15) is 31.4 Å². The number of hydrogen-bond acceptors (Lipinski definition) is 5. The minimum Gasteiger partial charge on any atom is -0.373 e. The van der Waals surface area contributed by atoms with E-state index in [0.717, 1.165) is 36.3 Å². The highest BCUT2D eigenvalue weighted by Gasteiger charge is 2.07. The van der Waals surface area contributed by atoms with Gasteiger partial charge in [0.05, 0.1) is 0 Å². The molecule has 20 heavy (non-hydrogen) atoms. The third kappa shape index (κ3) is 3.46. The predicted octanol–water partition coefficient (Wildman–Crippen LogP) is 2.03. The molecule has 0 aliphatic heterocycles. The Morgan fingerprint density at radius 1 is 1.25 bits per heavy atom. The maximum atomic E-state index is 4.53. The van der Waals surface area contributed by atoms with Gasteiger partial charge >= 0.3 is 0 Å². The quantitative estimate of drug-likeness (QED) is 0.843. The molecule has 2 aromatic heterocycles. The first kappa shape index (κ1) is 14.3. The summed E-state index contributed by atoms with van der Waals surface area (Å²) in [6, 6.07) is 1.92. The molecule has 0 amide bonds. The van der Waals surface area contributed by atoms with Gasteiger partial charge < -0.3 is 15.2 Å². The number of hydrogen-bond donors (Lipinski definition) is 2. The third-order valence-corrected chi connectivity index (χ3v) is 3.09. The molecule has 0 bridgehead atoms. The van der Waals surface area contributed by atoms with Gasteiger partial charge in [0.15, 0.2) is 0 Å². The summed E-state index contributed by atoms with van der Waals surface area (Å²) >= 11 is 0. The van der Waals surface area contributed by atoms with Gasteiger partial charge in [-0.15, -0.1) is 0 Å². The summed E-state index contributed by atoms with van der Waals surface area (Å²) in [5.41, 5.74) is 0. The molecule has 2 aromatic rings. The van der Waals surface area contributed by atoms with Crippen molar-refractivity contribution in [1.82, 2.24) is 19.5 Å². The molecule has 0 unspecified atom stereocenters. The van der Waals surface area contributed by atoms with Crippen LogP contribution in [0.2, 0.25) is 0 Å². The van der Waals surface area contributed by atoms with Gasteiger partial charge in [0, 0.05) is 51.4 Å². The van der Waals surface area contributed by atoms with Crippen LogP contribution >= 0.6 is 0 Å². The molecule has 0 aliphatic rings. The first-order valence-corrected chi connectivity index (χ1v) is 6.87. The van der Waals surface area contributed by atoms with Crippen LogP contribution in [0.25, 0.3) is 0 Å². The lowest BCUT2D eigenvalue weighted by atomic mass is 10.2. The summed E-state index contributed by atoms with van der Waals surface area (Å²) in [5, 5.41) is 6.40. The van der Waals surface area contributed by atoms with Crippen LogP contribution in [0.15, 0.2) is 18.5 Å². The Morgan fingerprint density at radius 2 is 2.00 bits per heavy atom. The molecule has 0 saturated heterocycles. The van der Waals surface area contributed by atoms with Gasteiger partial charge in [0.2, 0.25) is 0 Å². The van der Waals surface area contributed by atoms with Crippen LogP contribution < -0.4 is 10.6 Å². The van der Waals surface area contributed by atoms with Crippen molar-refractivity contribution >= 4 is 11.6 Å². The minimum absolute atomic E-state index is 0.304. The lowest BCUT2D eigenvalue weighted by Gasteiger charge is -2.11. The highest BCUT2D eigenvalue weighted by Crippen LogP contribution is 2.16. The summed E-state index contributed by atoms with van der Waals surface area (Å²) in [7, 11) is 3.87. The molecule has 0 atom stereocenters. The van der Waals surface area contributed by atoms with E-state index in [1.54, 1.807) is 0 Å². The molecule has 0 fully saturated rings. The summed E-state index contributed by atoms with van der Waals surface area (Å²) < 4.78 is 2.03. The van der Waals surface area contributed by atoms with Gasteiger partial charge in [-0.25, -0.2) is 15.0 Å². The minimum atomic E-state index is 0.304. The molecule has 0 aliphatic carbocycles. The average molecular weight is 274 g/mol. The molecule has 2 N–H and O–H groups in total. The van der Waals surface area contributed by atoms with Crippen LogP contribution in [-0.4, -0.2) is 33.1 Å². The van der Waals surface area contributed by atoms with Gasteiger partial charge in [-0.2, -0.15) is 0 Å². The molecular weight excluding hydrogens is 252 g/mol. The lowest BCUT2D eigenvalue weighted by molar-refractivity contribution is 0.769. The number of nitrogens with one attached hydrogen (secondary N) is 2. The van der Waals surface area contributed by atoms with E-state index in [1.807, 2.05) is 37.1 Å². The second kappa shape index (κ2) is 6.36. The summed E-state index contributed by atoms with van der Waals surface area (Å²) in [5.74, 6) is 3.89. The zero-order valence-corrected chi connectivity index (χ0v) is 12.5. The van der Waals surface area contributed by atoms with Crippen molar-refractivity contribution in [3.8, 4) is 0 Å². The van der Waals surface area contributed by atoms with E-state index in [2.05, 4.69) is 39.4 Å². The summed E-state index contributed by atoms with van der Waals surface area (Å²) in [6.45, 7) is 4.97. The highest BCUT2D eigenvalue weighted by molar-refractivity contribution is 5.47. The van der Waals surface area contributed by atoms with Gasteiger partial charge in [-0.3, -0.25) is 0 Å².